The molecule has 0 amide bonds. The number of rotatable bonds is 8. The van der Waals surface area contributed by atoms with Gasteiger partial charge in [0.15, 0.2) is 0 Å². The third-order valence-electron chi connectivity index (χ3n) is 6.90. The molecule has 0 spiro atoms. The van der Waals surface area contributed by atoms with Crippen LogP contribution >= 0.6 is 0 Å². The highest BCUT2D eigenvalue weighted by Gasteiger charge is 2.31. The molecule has 0 bridgehead atoms. The summed E-state index contributed by atoms with van der Waals surface area (Å²) in [5.74, 6) is 0.000781. The zero-order chi connectivity index (χ0) is 27.2. The van der Waals surface area contributed by atoms with E-state index in [-0.39, 0.29) is 18.8 Å². The van der Waals surface area contributed by atoms with Crippen LogP contribution < -0.4 is 9.47 Å². The number of fused-ring (bicyclic) bond motifs is 2. The van der Waals surface area contributed by atoms with Crippen molar-refractivity contribution in [2.45, 2.75) is 58.7 Å². The van der Waals surface area contributed by atoms with Gasteiger partial charge in [-0.1, -0.05) is 6.07 Å². The van der Waals surface area contributed by atoms with Gasteiger partial charge in [0.25, 0.3) is 0 Å². The van der Waals surface area contributed by atoms with Crippen LogP contribution in [0.25, 0.3) is 22.1 Å². The van der Waals surface area contributed by atoms with Crippen molar-refractivity contribution >= 4 is 16.9 Å². The summed E-state index contributed by atoms with van der Waals surface area (Å²) in [4.78, 5) is 11.1. The topological polar surface area (TPSA) is 89.1 Å². The number of hydrogen-bond acceptors (Lipinski definition) is 5. The molecule has 38 heavy (non-hydrogen) atoms. The molecule has 0 radical (unpaired) electrons. The first-order chi connectivity index (χ1) is 18.0. The first-order valence-corrected chi connectivity index (χ1v) is 12.7. The standard InChI is InChI=1S/C31H31FO6/c1-17-11-21(37-16-31(3,4)35)12-18(2)29(17)23-7-9-25(32)30-24(23)8-10-26(30)38-20-5-6-22-19(13-28(33)34)15-36-27(22)14-20/h5-7,9,11-12,14-15,26,35H,8,10,13,16H2,1-4H3,(H,33,34). The lowest BCUT2D eigenvalue weighted by Crippen LogP contribution is -2.27. The van der Waals surface area contributed by atoms with Crippen LogP contribution in [0.4, 0.5) is 4.39 Å². The molecule has 2 N–H and O–H groups in total. The number of benzene rings is 3. The summed E-state index contributed by atoms with van der Waals surface area (Å²) in [5.41, 5.74) is 5.74. The number of aliphatic carboxylic acids is 1. The fourth-order valence-electron chi connectivity index (χ4n) is 5.32. The summed E-state index contributed by atoms with van der Waals surface area (Å²) < 4.78 is 32.8. The van der Waals surface area contributed by atoms with Crippen molar-refractivity contribution in [2.24, 2.45) is 0 Å². The monoisotopic (exact) mass is 518 g/mol. The Labute approximate surface area is 220 Å². The Morgan fingerprint density at radius 3 is 2.53 bits per heavy atom. The summed E-state index contributed by atoms with van der Waals surface area (Å²) in [5, 5.41) is 19.8. The van der Waals surface area contributed by atoms with E-state index in [2.05, 4.69) is 0 Å². The van der Waals surface area contributed by atoms with E-state index in [0.29, 0.717) is 41.1 Å². The normalized spacial score (nSPS) is 15.1. The van der Waals surface area contributed by atoms with Gasteiger partial charge in [0, 0.05) is 22.6 Å². The molecule has 0 aliphatic heterocycles. The zero-order valence-corrected chi connectivity index (χ0v) is 21.9. The fraction of sp³-hybridized carbons (Fsp3) is 0.323. The minimum Gasteiger partial charge on any atom is -0.491 e. The van der Waals surface area contributed by atoms with Crippen LogP contribution in [0.3, 0.4) is 0 Å². The number of hydrogen-bond donors (Lipinski definition) is 2. The summed E-state index contributed by atoms with van der Waals surface area (Å²) in [6.45, 7) is 7.60. The minimum atomic E-state index is -0.935. The van der Waals surface area contributed by atoms with Crippen molar-refractivity contribution in [3.8, 4) is 22.6 Å². The van der Waals surface area contributed by atoms with Gasteiger partial charge >= 0.3 is 5.97 Å². The van der Waals surface area contributed by atoms with Crippen molar-refractivity contribution in [1.82, 2.24) is 0 Å². The van der Waals surface area contributed by atoms with Crippen molar-refractivity contribution in [3.05, 3.63) is 82.4 Å². The lowest BCUT2D eigenvalue weighted by atomic mass is 9.90. The molecule has 0 saturated carbocycles. The Balaban J connectivity index is 1.44. The second kappa shape index (κ2) is 9.80. The SMILES string of the molecule is Cc1cc(OCC(C)(C)O)cc(C)c1-c1ccc(F)c2c1CCC2Oc1ccc2c(CC(=O)O)coc2c1. The smallest absolute Gasteiger partial charge is 0.307 e. The molecule has 1 aliphatic rings. The Kier molecular flexibility index (Phi) is 6.65. The number of carbonyl (C=O) groups is 1. The fourth-order valence-corrected chi connectivity index (χ4v) is 5.32. The molecule has 6 nitrogen and oxygen atoms in total. The second-order valence-corrected chi connectivity index (χ2v) is 10.7. The van der Waals surface area contributed by atoms with Crippen LogP contribution in [-0.2, 0) is 17.6 Å². The van der Waals surface area contributed by atoms with Gasteiger partial charge in [0.2, 0.25) is 0 Å². The van der Waals surface area contributed by atoms with Crippen molar-refractivity contribution in [1.29, 1.82) is 0 Å². The van der Waals surface area contributed by atoms with Gasteiger partial charge < -0.3 is 24.1 Å². The molecule has 0 saturated heterocycles. The van der Waals surface area contributed by atoms with Crippen LogP contribution in [0.1, 0.15) is 54.2 Å². The number of ether oxygens (including phenoxy) is 2. The Hall–Kier alpha value is -3.84. The van der Waals surface area contributed by atoms with Gasteiger partial charge in [-0.25, -0.2) is 4.39 Å². The van der Waals surface area contributed by atoms with Crippen LogP contribution in [0, 0.1) is 19.7 Å². The first kappa shape index (κ1) is 25.8. The van der Waals surface area contributed by atoms with Gasteiger partial charge in [0.05, 0.1) is 18.3 Å². The van der Waals surface area contributed by atoms with E-state index in [4.69, 9.17) is 19.0 Å². The lowest BCUT2D eigenvalue weighted by molar-refractivity contribution is -0.136. The molecule has 0 fully saturated rings. The molecule has 1 unspecified atom stereocenters. The maximum Gasteiger partial charge on any atom is 0.307 e. The molecule has 1 heterocycles. The predicted octanol–water partition coefficient (Wildman–Crippen LogP) is 6.70. The van der Waals surface area contributed by atoms with Crippen LogP contribution in [0.15, 0.2) is 53.1 Å². The van der Waals surface area contributed by atoms with E-state index in [0.717, 1.165) is 33.2 Å². The molecular weight excluding hydrogens is 487 g/mol. The minimum absolute atomic E-state index is 0.122. The van der Waals surface area contributed by atoms with Crippen molar-refractivity contribution in [2.75, 3.05) is 6.61 Å². The predicted molar refractivity (Wildman–Crippen MR) is 142 cm³/mol. The zero-order valence-electron chi connectivity index (χ0n) is 21.9. The maximum atomic E-state index is 15.2. The molecule has 7 heteroatoms. The van der Waals surface area contributed by atoms with Crippen LogP contribution in [0.5, 0.6) is 11.5 Å². The number of carboxylic acid groups (broad SMARTS) is 1. The molecule has 1 aliphatic carbocycles. The summed E-state index contributed by atoms with van der Waals surface area (Å²) in [6, 6.07) is 12.5. The quantitative estimate of drug-likeness (QED) is 0.270. The number of halogens is 1. The Morgan fingerprint density at radius 2 is 1.84 bits per heavy atom. The lowest BCUT2D eigenvalue weighted by Gasteiger charge is -2.21. The molecule has 5 rings (SSSR count). The van der Waals surface area contributed by atoms with Gasteiger partial charge in [0.1, 0.15) is 35.6 Å². The van der Waals surface area contributed by atoms with E-state index >= 15 is 4.39 Å². The van der Waals surface area contributed by atoms with Gasteiger partial charge in [-0.05, 0) is 98.7 Å². The first-order valence-electron chi connectivity index (χ1n) is 12.7. The largest absolute Gasteiger partial charge is 0.491 e. The third kappa shape index (κ3) is 5.11. The Morgan fingerprint density at radius 1 is 1.11 bits per heavy atom. The number of carboxylic acids is 1. The maximum absolute atomic E-state index is 15.2. The summed E-state index contributed by atoms with van der Waals surface area (Å²) in [6.07, 6.45) is 2.18. The highest BCUT2D eigenvalue weighted by Crippen LogP contribution is 2.44. The summed E-state index contributed by atoms with van der Waals surface area (Å²) in [7, 11) is 0. The molecular formula is C31H31FO6. The number of furan rings is 1. The van der Waals surface area contributed by atoms with Gasteiger partial charge in [-0.15, -0.1) is 0 Å². The van der Waals surface area contributed by atoms with E-state index < -0.39 is 17.7 Å². The van der Waals surface area contributed by atoms with E-state index in [1.807, 2.05) is 32.0 Å². The highest BCUT2D eigenvalue weighted by molar-refractivity contribution is 5.86. The third-order valence-corrected chi connectivity index (χ3v) is 6.90. The van der Waals surface area contributed by atoms with E-state index in [9.17, 15) is 9.90 Å². The van der Waals surface area contributed by atoms with Gasteiger partial charge in [-0.3, -0.25) is 4.79 Å². The highest BCUT2D eigenvalue weighted by atomic mass is 19.1. The second-order valence-electron chi connectivity index (χ2n) is 10.7. The van der Waals surface area contributed by atoms with Crippen LogP contribution in [0.2, 0.25) is 0 Å². The Bertz CT molecular complexity index is 1500. The molecule has 1 aromatic heterocycles. The molecule has 3 aromatic carbocycles. The van der Waals surface area contributed by atoms with E-state index in [1.54, 1.807) is 32.0 Å². The van der Waals surface area contributed by atoms with Crippen molar-refractivity contribution in [3.63, 3.8) is 0 Å². The molecule has 1 atom stereocenters. The number of aryl methyl sites for hydroxylation is 2. The van der Waals surface area contributed by atoms with E-state index in [1.165, 1.54) is 12.3 Å². The molecule has 4 aromatic rings. The van der Waals surface area contributed by atoms with Crippen LogP contribution in [-0.4, -0.2) is 28.4 Å². The average molecular weight is 519 g/mol. The average Bonchev–Trinajstić information content (AvgIpc) is 3.43. The summed E-state index contributed by atoms with van der Waals surface area (Å²) >= 11 is 0. The van der Waals surface area contributed by atoms with Gasteiger partial charge in [-0.2, -0.15) is 0 Å². The molecule has 198 valence electrons. The number of aliphatic hydroxyl groups is 1. The van der Waals surface area contributed by atoms with Crippen molar-refractivity contribution < 1.29 is 33.3 Å².